The smallest absolute Gasteiger partial charge is 0.203 e. The fourth-order valence-corrected chi connectivity index (χ4v) is 2.27. The Morgan fingerprint density at radius 3 is 2.85 bits per heavy atom. The summed E-state index contributed by atoms with van der Waals surface area (Å²) >= 11 is 0. The molecule has 0 fully saturated rings. The number of aliphatic hydroxyl groups excluding tert-OH is 1. The van der Waals surface area contributed by atoms with Crippen molar-refractivity contribution in [3.8, 4) is 0 Å². The van der Waals surface area contributed by atoms with Crippen LogP contribution in [0, 0.1) is 11.3 Å². The summed E-state index contributed by atoms with van der Waals surface area (Å²) < 4.78 is 0. The molecule has 0 aromatic carbocycles. The first-order valence-corrected chi connectivity index (χ1v) is 4.75. The summed E-state index contributed by atoms with van der Waals surface area (Å²) in [6, 6.07) is 0. The molecule has 2 atom stereocenters. The molecule has 0 aromatic rings. The molecule has 0 aromatic heterocycles. The summed E-state index contributed by atoms with van der Waals surface area (Å²) in [7, 11) is 0. The molecule has 2 aliphatic rings. The minimum Gasteiger partial charge on any atom is -0.505 e. The van der Waals surface area contributed by atoms with Gasteiger partial charge in [-0.15, -0.1) is 0 Å². The first kappa shape index (κ1) is 8.54. The highest BCUT2D eigenvalue weighted by Gasteiger charge is 2.44. The van der Waals surface area contributed by atoms with Gasteiger partial charge in [-0.25, -0.2) is 0 Å². The normalized spacial score (nSPS) is 38.4. The van der Waals surface area contributed by atoms with Crippen LogP contribution >= 0.6 is 0 Å². The Balaban J connectivity index is 2.23. The van der Waals surface area contributed by atoms with E-state index in [1.54, 1.807) is 6.08 Å². The van der Waals surface area contributed by atoms with Crippen LogP contribution in [0.15, 0.2) is 24.0 Å². The van der Waals surface area contributed by atoms with Gasteiger partial charge in [0.05, 0.1) is 0 Å². The minimum absolute atomic E-state index is 0.0391. The van der Waals surface area contributed by atoms with Crippen LogP contribution in [-0.4, -0.2) is 10.9 Å². The largest absolute Gasteiger partial charge is 0.505 e. The van der Waals surface area contributed by atoms with Crippen LogP contribution in [-0.2, 0) is 4.79 Å². The van der Waals surface area contributed by atoms with Gasteiger partial charge in [0.25, 0.3) is 0 Å². The third-order valence-corrected chi connectivity index (χ3v) is 3.30. The van der Waals surface area contributed by atoms with E-state index in [9.17, 15) is 9.90 Å². The zero-order valence-electron chi connectivity index (χ0n) is 7.79. The second-order valence-corrected chi connectivity index (χ2v) is 4.15. The van der Waals surface area contributed by atoms with Gasteiger partial charge in [-0.1, -0.05) is 19.1 Å². The number of Topliss-reactive ketones (excluding diaryl/α,β-unsaturated/α-hetero) is 1. The highest BCUT2D eigenvalue weighted by molar-refractivity contribution is 6.00. The van der Waals surface area contributed by atoms with Crippen molar-refractivity contribution in [1.82, 2.24) is 0 Å². The van der Waals surface area contributed by atoms with Crippen molar-refractivity contribution in [3.63, 3.8) is 0 Å². The molecule has 13 heavy (non-hydrogen) atoms. The lowest BCUT2D eigenvalue weighted by molar-refractivity contribution is -0.126. The van der Waals surface area contributed by atoms with Crippen LogP contribution in [0.25, 0.3) is 0 Å². The van der Waals surface area contributed by atoms with Crippen LogP contribution in [0.1, 0.15) is 26.2 Å². The van der Waals surface area contributed by atoms with Crippen molar-refractivity contribution < 1.29 is 9.90 Å². The highest BCUT2D eigenvalue weighted by Crippen LogP contribution is 2.44. The summed E-state index contributed by atoms with van der Waals surface area (Å²) in [4.78, 5) is 11.7. The van der Waals surface area contributed by atoms with Crippen molar-refractivity contribution in [2.75, 3.05) is 0 Å². The zero-order valence-corrected chi connectivity index (χ0v) is 7.79. The number of carbonyl (C=O) groups is 1. The van der Waals surface area contributed by atoms with Gasteiger partial charge in [0, 0.05) is 5.41 Å². The molecule has 0 heterocycles. The minimum atomic E-state index is -0.364. The topological polar surface area (TPSA) is 37.3 Å². The van der Waals surface area contributed by atoms with Crippen molar-refractivity contribution in [3.05, 3.63) is 24.0 Å². The molecule has 0 radical (unpaired) electrons. The van der Waals surface area contributed by atoms with E-state index in [0.29, 0.717) is 12.3 Å². The Kier molecular flexibility index (Phi) is 1.79. The molecule has 70 valence electrons. The average Bonchev–Trinajstić information content (AvgIpc) is 2.71. The third kappa shape index (κ3) is 1.12. The van der Waals surface area contributed by atoms with Crippen molar-refractivity contribution >= 4 is 5.78 Å². The molecule has 0 spiro atoms. The number of hydrogen-bond acceptors (Lipinski definition) is 2. The maximum Gasteiger partial charge on any atom is 0.203 e. The number of rotatable bonds is 1. The van der Waals surface area contributed by atoms with E-state index in [-0.39, 0.29) is 17.0 Å². The first-order chi connectivity index (χ1) is 6.14. The van der Waals surface area contributed by atoms with Gasteiger partial charge in [0.2, 0.25) is 5.78 Å². The van der Waals surface area contributed by atoms with Crippen LogP contribution in [0.4, 0.5) is 0 Å². The quantitative estimate of drug-likeness (QED) is 0.626. The lowest BCUT2D eigenvalue weighted by atomic mass is 9.74. The molecule has 0 unspecified atom stereocenters. The molecule has 2 heteroatoms. The number of allylic oxidation sites excluding steroid dienone is 4. The standard InChI is InChI=1S/C11H14O2/c1-11(8-4-2-3-5-8)7-6-9(12)10(11)13/h2,4,6,8,12H,3,5,7H2,1H3/t8-,11-/m1/s1. The molecule has 2 nitrogen and oxygen atoms in total. The van der Waals surface area contributed by atoms with Gasteiger partial charge < -0.3 is 5.11 Å². The molecule has 0 saturated carbocycles. The van der Waals surface area contributed by atoms with E-state index >= 15 is 0 Å². The second-order valence-electron chi connectivity index (χ2n) is 4.15. The second kappa shape index (κ2) is 2.72. The molecule has 0 amide bonds. The number of ketones is 1. The van der Waals surface area contributed by atoms with E-state index in [2.05, 4.69) is 12.2 Å². The van der Waals surface area contributed by atoms with Crippen molar-refractivity contribution in [2.24, 2.45) is 11.3 Å². The molecular formula is C11H14O2. The molecule has 0 bridgehead atoms. The van der Waals surface area contributed by atoms with E-state index in [4.69, 9.17) is 0 Å². The summed E-state index contributed by atoms with van der Waals surface area (Å²) in [6.07, 6.45) is 8.68. The summed E-state index contributed by atoms with van der Waals surface area (Å²) in [5, 5.41) is 9.28. The monoisotopic (exact) mass is 178 g/mol. The number of carbonyl (C=O) groups excluding carboxylic acids is 1. The molecule has 0 saturated heterocycles. The maximum absolute atomic E-state index is 11.7. The summed E-state index contributed by atoms with van der Waals surface area (Å²) in [5.41, 5.74) is -0.364. The van der Waals surface area contributed by atoms with E-state index in [1.165, 1.54) is 0 Å². The lowest BCUT2D eigenvalue weighted by Gasteiger charge is -2.27. The Labute approximate surface area is 78.0 Å². The van der Waals surface area contributed by atoms with Crippen molar-refractivity contribution in [2.45, 2.75) is 26.2 Å². The van der Waals surface area contributed by atoms with Gasteiger partial charge >= 0.3 is 0 Å². The van der Waals surface area contributed by atoms with Crippen LogP contribution in [0.2, 0.25) is 0 Å². The van der Waals surface area contributed by atoms with E-state index in [0.717, 1.165) is 12.8 Å². The summed E-state index contributed by atoms with van der Waals surface area (Å²) in [5.74, 6) is 0.202. The SMILES string of the molecule is C[C@]1([C@@H]2C=CCC2)CC=C(O)C1=O. The van der Waals surface area contributed by atoms with Gasteiger partial charge in [0.15, 0.2) is 5.76 Å². The average molecular weight is 178 g/mol. The van der Waals surface area contributed by atoms with E-state index in [1.807, 2.05) is 6.92 Å². The van der Waals surface area contributed by atoms with Crippen molar-refractivity contribution in [1.29, 1.82) is 0 Å². The van der Waals surface area contributed by atoms with Crippen LogP contribution < -0.4 is 0 Å². The Morgan fingerprint density at radius 1 is 1.62 bits per heavy atom. The Bertz CT molecular complexity index is 301. The summed E-state index contributed by atoms with van der Waals surface area (Å²) in [6.45, 7) is 1.95. The first-order valence-electron chi connectivity index (χ1n) is 4.75. The molecular weight excluding hydrogens is 164 g/mol. The Morgan fingerprint density at radius 2 is 2.38 bits per heavy atom. The molecule has 1 N–H and O–H groups in total. The maximum atomic E-state index is 11.7. The third-order valence-electron chi connectivity index (χ3n) is 3.30. The highest BCUT2D eigenvalue weighted by atomic mass is 16.3. The van der Waals surface area contributed by atoms with E-state index < -0.39 is 0 Å². The zero-order chi connectivity index (χ0) is 9.47. The van der Waals surface area contributed by atoms with Gasteiger partial charge in [-0.2, -0.15) is 0 Å². The fraction of sp³-hybridized carbons (Fsp3) is 0.545. The number of hydrogen-bond donors (Lipinski definition) is 1. The molecule has 2 rings (SSSR count). The predicted molar refractivity (Wildman–Crippen MR) is 50.3 cm³/mol. The predicted octanol–water partition coefficient (Wildman–Crippen LogP) is 2.37. The Hall–Kier alpha value is -1.05. The van der Waals surface area contributed by atoms with Gasteiger partial charge in [-0.05, 0) is 31.3 Å². The van der Waals surface area contributed by atoms with Crippen LogP contribution in [0.5, 0.6) is 0 Å². The van der Waals surface area contributed by atoms with Gasteiger partial charge in [-0.3, -0.25) is 4.79 Å². The van der Waals surface area contributed by atoms with Crippen LogP contribution in [0.3, 0.4) is 0 Å². The lowest BCUT2D eigenvalue weighted by Crippen LogP contribution is -2.31. The number of aliphatic hydroxyl groups is 1. The molecule has 0 aliphatic heterocycles. The fourth-order valence-electron chi connectivity index (χ4n) is 2.27. The van der Waals surface area contributed by atoms with Gasteiger partial charge in [0.1, 0.15) is 0 Å². The molecule has 2 aliphatic carbocycles.